The van der Waals surface area contributed by atoms with Crippen molar-refractivity contribution in [2.45, 2.75) is 6.61 Å². The van der Waals surface area contributed by atoms with Crippen molar-refractivity contribution < 1.29 is 9.13 Å². The Hall–Kier alpha value is -1.98. The van der Waals surface area contributed by atoms with E-state index in [1.54, 1.807) is 13.2 Å². The van der Waals surface area contributed by atoms with Crippen LogP contribution in [-0.4, -0.2) is 16.7 Å². The maximum absolute atomic E-state index is 13.8. The summed E-state index contributed by atoms with van der Waals surface area (Å²) in [6, 6.07) is 12.7. The highest BCUT2D eigenvalue weighted by Crippen LogP contribution is 2.24. The number of nitrogens with one attached hydrogen (secondary N) is 1. The quantitative estimate of drug-likeness (QED) is 0.739. The molecule has 1 heterocycles. The molecule has 0 bridgehead atoms. The number of hydrogen-bond donors (Lipinski definition) is 1. The molecule has 3 rings (SSSR count). The number of benzene rings is 2. The fraction of sp³-hybridized carbons (Fsp3) is 0.133. The Bertz CT molecular complexity index is 822. The zero-order valence-electron chi connectivity index (χ0n) is 10.9. The number of aromatic nitrogens is 2. The molecule has 0 spiro atoms. The van der Waals surface area contributed by atoms with Gasteiger partial charge in [-0.25, -0.2) is 4.39 Å². The number of ether oxygens (including phenoxy) is 1. The zero-order valence-corrected chi connectivity index (χ0v) is 11.7. The van der Waals surface area contributed by atoms with Crippen molar-refractivity contribution in [2.75, 3.05) is 7.11 Å². The minimum Gasteiger partial charge on any atom is -0.380 e. The van der Waals surface area contributed by atoms with E-state index in [-0.39, 0.29) is 5.82 Å². The first kappa shape index (κ1) is 13.0. The molecular weight excluding hydrogens is 275 g/mol. The van der Waals surface area contributed by atoms with E-state index in [9.17, 15) is 4.39 Å². The Kier molecular flexibility index (Phi) is 3.38. The van der Waals surface area contributed by atoms with E-state index in [2.05, 4.69) is 4.98 Å². The van der Waals surface area contributed by atoms with Gasteiger partial charge in [-0.05, 0) is 30.4 Å². The highest BCUT2D eigenvalue weighted by atomic mass is 32.1. The molecule has 3 aromatic rings. The summed E-state index contributed by atoms with van der Waals surface area (Å²) >= 11 is 5.34. The van der Waals surface area contributed by atoms with Crippen LogP contribution >= 0.6 is 12.2 Å². The predicted octanol–water partition coefficient (Wildman–Crippen LogP) is 3.97. The van der Waals surface area contributed by atoms with Crippen LogP contribution in [0.4, 0.5) is 4.39 Å². The SMILES string of the molecule is COCc1ccccc1-n1c(=S)[nH]c2c(F)cccc21. The zero-order chi connectivity index (χ0) is 14.1. The van der Waals surface area contributed by atoms with E-state index in [1.807, 2.05) is 34.9 Å². The average Bonchev–Trinajstić information content (AvgIpc) is 2.78. The number of para-hydroxylation sites is 2. The Morgan fingerprint density at radius 3 is 2.80 bits per heavy atom. The lowest BCUT2D eigenvalue weighted by Gasteiger charge is -2.10. The first-order chi connectivity index (χ1) is 9.72. The van der Waals surface area contributed by atoms with Gasteiger partial charge in [0.15, 0.2) is 4.77 Å². The Balaban J connectivity index is 2.33. The number of halogens is 1. The molecule has 0 atom stereocenters. The van der Waals surface area contributed by atoms with Crippen molar-refractivity contribution in [1.29, 1.82) is 0 Å². The van der Waals surface area contributed by atoms with Crippen LogP contribution < -0.4 is 0 Å². The summed E-state index contributed by atoms with van der Waals surface area (Å²) in [7, 11) is 1.64. The molecule has 0 saturated heterocycles. The lowest BCUT2D eigenvalue weighted by molar-refractivity contribution is 0.185. The summed E-state index contributed by atoms with van der Waals surface area (Å²) in [5, 5.41) is 0. The average molecular weight is 288 g/mol. The predicted molar refractivity (Wildman–Crippen MR) is 79.1 cm³/mol. The van der Waals surface area contributed by atoms with Gasteiger partial charge in [0.25, 0.3) is 0 Å². The molecule has 1 aromatic heterocycles. The lowest BCUT2D eigenvalue weighted by atomic mass is 10.2. The molecule has 0 fully saturated rings. The van der Waals surface area contributed by atoms with Crippen LogP contribution in [0.2, 0.25) is 0 Å². The topological polar surface area (TPSA) is 29.9 Å². The van der Waals surface area contributed by atoms with Crippen LogP contribution in [0.3, 0.4) is 0 Å². The highest BCUT2D eigenvalue weighted by Gasteiger charge is 2.12. The first-order valence-corrected chi connectivity index (χ1v) is 6.59. The van der Waals surface area contributed by atoms with Crippen LogP contribution in [-0.2, 0) is 11.3 Å². The van der Waals surface area contributed by atoms with Gasteiger partial charge < -0.3 is 9.72 Å². The molecule has 20 heavy (non-hydrogen) atoms. The molecule has 0 saturated carbocycles. The van der Waals surface area contributed by atoms with Gasteiger partial charge >= 0.3 is 0 Å². The Morgan fingerprint density at radius 2 is 2.00 bits per heavy atom. The van der Waals surface area contributed by atoms with Gasteiger partial charge in [-0.2, -0.15) is 0 Å². The van der Waals surface area contributed by atoms with E-state index in [4.69, 9.17) is 17.0 Å². The lowest BCUT2D eigenvalue weighted by Crippen LogP contribution is -2.00. The summed E-state index contributed by atoms with van der Waals surface area (Å²) in [6.45, 7) is 0.472. The first-order valence-electron chi connectivity index (χ1n) is 6.19. The standard InChI is InChI=1S/C15H13FN2OS/c1-19-9-10-5-2-3-7-12(10)18-13-8-4-6-11(16)14(13)17-15(18)20/h2-8H,9H2,1H3,(H,17,20). The van der Waals surface area contributed by atoms with E-state index in [1.165, 1.54) is 6.07 Å². The van der Waals surface area contributed by atoms with E-state index >= 15 is 0 Å². The van der Waals surface area contributed by atoms with Gasteiger partial charge in [0, 0.05) is 12.7 Å². The van der Waals surface area contributed by atoms with Crippen LogP contribution in [0.5, 0.6) is 0 Å². The summed E-state index contributed by atoms with van der Waals surface area (Å²) in [4.78, 5) is 2.93. The maximum Gasteiger partial charge on any atom is 0.182 e. The van der Waals surface area contributed by atoms with Crippen LogP contribution in [0, 0.1) is 10.6 Å². The molecular formula is C15H13FN2OS. The smallest absolute Gasteiger partial charge is 0.182 e. The largest absolute Gasteiger partial charge is 0.380 e. The molecule has 102 valence electrons. The number of imidazole rings is 1. The minimum atomic E-state index is -0.309. The maximum atomic E-state index is 13.8. The monoisotopic (exact) mass is 288 g/mol. The van der Waals surface area contributed by atoms with Crippen LogP contribution in [0.15, 0.2) is 42.5 Å². The van der Waals surface area contributed by atoms with Crippen molar-refractivity contribution in [3.05, 3.63) is 58.6 Å². The fourth-order valence-corrected chi connectivity index (χ4v) is 2.64. The summed E-state index contributed by atoms with van der Waals surface area (Å²) in [6.07, 6.45) is 0. The third-order valence-electron chi connectivity index (χ3n) is 3.20. The number of methoxy groups -OCH3 is 1. The molecule has 2 aromatic carbocycles. The molecule has 0 amide bonds. The van der Waals surface area contributed by atoms with E-state index in [0.717, 1.165) is 16.8 Å². The second-order valence-corrected chi connectivity index (χ2v) is 4.85. The van der Waals surface area contributed by atoms with Crippen molar-refractivity contribution >= 4 is 23.3 Å². The molecule has 1 N–H and O–H groups in total. The van der Waals surface area contributed by atoms with Crippen molar-refractivity contribution in [3.8, 4) is 5.69 Å². The molecule has 0 unspecified atom stereocenters. The Morgan fingerprint density at radius 1 is 1.20 bits per heavy atom. The van der Waals surface area contributed by atoms with Gasteiger partial charge in [0.2, 0.25) is 0 Å². The molecule has 5 heteroatoms. The molecule has 0 aliphatic rings. The van der Waals surface area contributed by atoms with Crippen LogP contribution in [0.25, 0.3) is 16.7 Å². The fourth-order valence-electron chi connectivity index (χ4n) is 2.34. The molecule has 0 aliphatic carbocycles. The highest BCUT2D eigenvalue weighted by molar-refractivity contribution is 7.71. The molecule has 0 radical (unpaired) electrons. The minimum absolute atomic E-state index is 0.309. The summed E-state index contributed by atoms with van der Waals surface area (Å²) in [5.41, 5.74) is 3.04. The molecule has 0 aliphatic heterocycles. The second kappa shape index (κ2) is 5.19. The van der Waals surface area contributed by atoms with Gasteiger partial charge in [0.1, 0.15) is 11.3 Å². The number of nitrogens with zero attached hydrogens (tertiary/aromatic N) is 1. The van der Waals surface area contributed by atoms with Crippen LogP contribution in [0.1, 0.15) is 5.56 Å². The van der Waals surface area contributed by atoms with Gasteiger partial charge in [-0.3, -0.25) is 4.57 Å². The number of hydrogen-bond acceptors (Lipinski definition) is 2. The third kappa shape index (κ3) is 2.05. The van der Waals surface area contributed by atoms with E-state index in [0.29, 0.717) is 16.9 Å². The number of aromatic amines is 1. The normalized spacial score (nSPS) is 11.1. The van der Waals surface area contributed by atoms with E-state index < -0.39 is 0 Å². The Labute approximate surface area is 120 Å². The van der Waals surface area contributed by atoms with Crippen molar-refractivity contribution in [1.82, 2.24) is 9.55 Å². The summed E-state index contributed by atoms with van der Waals surface area (Å²) < 4.78 is 21.3. The third-order valence-corrected chi connectivity index (χ3v) is 3.48. The van der Waals surface area contributed by atoms with Crippen molar-refractivity contribution in [3.63, 3.8) is 0 Å². The van der Waals surface area contributed by atoms with Crippen molar-refractivity contribution in [2.24, 2.45) is 0 Å². The summed E-state index contributed by atoms with van der Waals surface area (Å²) in [5.74, 6) is -0.309. The van der Waals surface area contributed by atoms with Gasteiger partial charge in [-0.1, -0.05) is 24.3 Å². The van der Waals surface area contributed by atoms with Gasteiger partial charge in [0.05, 0.1) is 17.8 Å². The number of H-pyrrole nitrogens is 1. The molecule has 3 nitrogen and oxygen atoms in total. The number of fused-ring (bicyclic) bond motifs is 1. The number of rotatable bonds is 3. The van der Waals surface area contributed by atoms with Gasteiger partial charge in [-0.15, -0.1) is 0 Å². The second-order valence-electron chi connectivity index (χ2n) is 4.46.